The molecule has 0 saturated heterocycles. The first kappa shape index (κ1) is 14.9. The molecule has 0 unspecified atom stereocenters. The van der Waals surface area contributed by atoms with E-state index < -0.39 is 29.7 Å². The van der Waals surface area contributed by atoms with Crippen LogP contribution >= 0.6 is 27.7 Å². The number of thioether (sulfide) groups is 1. The van der Waals surface area contributed by atoms with Gasteiger partial charge in [0, 0.05) is 9.37 Å². The van der Waals surface area contributed by atoms with Gasteiger partial charge in [0.1, 0.15) is 6.07 Å². The summed E-state index contributed by atoms with van der Waals surface area (Å²) < 4.78 is 37.0. The molecule has 1 aromatic carbocycles. The summed E-state index contributed by atoms with van der Waals surface area (Å²) in [6.45, 7) is 0. The number of benzene rings is 1. The van der Waals surface area contributed by atoms with Crippen LogP contribution in [-0.2, 0) is 11.2 Å². The van der Waals surface area contributed by atoms with Gasteiger partial charge < -0.3 is 5.11 Å². The third-order valence-corrected chi connectivity index (χ3v) is 3.88. The number of carboxylic acid groups (broad SMARTS) is 1. The maximum Gasteiger partial charge on any atom is 0.446 e. The minimum Gasteiger partial charge on any atom is -0.481 e. The van der Waals surface area contributed by atoms with Crippen LogP contribution in [-0.4, -0.2) is 16.6 Å². The number of carbonyl (C=O) groups is 1. The summed E-state index contributed by atoms with van der Waals surface area (Å²) in [5.41, 5.74) is -4.51. The summed E-state index contributed by atoms with van der Waals surface area (Å²) in [5, 5.41) is 17.4. The van der Waals surface area contributed by atoms with Crippen molar-refractivity contribution in [2.45, 2.75) is 16.8 Å². The molecule has 0 aliphatic carbocycles. The molecule has 0 aliphatic rings. The molecule has 0 atom stereocenters. The van der Waals surface area contributed by atoms with Crippen LogP contribution < -0.4 is 0 Å². The summed E-state index contributed by atoms with van der Waals surface area (Å²) in [5.74, 6) is -1.16. The average Bonchev–Trinajstić information content (AvgIpc) is 2.22. The number of rotatable bonds is 3. The van der Waals surface area contributed by atoms with E-state index in [4.69, 9.17) is 10.4 Å². The highest BCUT2D eigenvalue weighted by Gasteiger charge is 2.32. The van der Waals surface area contributed by atoms with Gasteiger partial charge in [-0.15, -0.1) is 0 Å². The Morgan fingerprint density at radius 1 is 1.50 bits per heavy atom. The largest absolute Gasteiger partial charge is 0.481 e. The molecular weight excluding hydrogens is 335 g/mol. The Hall–Kier alpha value is -1.20. The quantitative estimate of drug-likeness (QED) is 0.855. The fraction of sp³-hybridized carbons (Fsp3) is 0.200. The molecule has 1 aromatic rings. The van der Waals surface area contributed by atoms with Crippen molar-refractivity contribution in [2.75, 3.05) is 0 Å². The van der Waals surface area contributed by atoms with Crippen molar-refractivity contribution in [2.24, 2.45) is 0 Å². The van der Waals surface area contributed by atoms with Gasteiger partial charge in [-0.1, -0.05) is 6.07 Å². The highest BCUT2D eigenvalue weighted by atomic mass is 79.9. The zero-order chi connectivity index (χ0) is 13.9. The minimum atomic E-state index is -4.55. The predicted molar refractivity (Wildman–Crippen MR) is 62.1 cm³/mol. The van der Waals surface area contributed by atoms with E-state index in [9.17, 15) is 18.0 Å². The van der Waals surface area contributed by atoms with Gasteiger partial charge in [0.25, 0.3) is 0 Å². The van der Waals surface area contributed by atoms with Gasteiger partial charge in [-0.2, -0.15) is 18.4 Å². The van der Waals surface area contributed by atoms with Crippen LogP contribution in [0.1, 0.15) is 11.1 Å². The molecule has 0 radical (unpaired) electrons. The van der Waals surface area contributed by atoms with Crippen molar-refractivity contribution in [3.8, 4) is 6.07 Å². The number of nitrogens with zero attached hydrogens (tertiary/aromatic N) is 1. The second-order valence-electron chi connectivity index (χ2n) is 3.15. The van der Waals surface area contributed by atoms with E-state index >= 15 is 0 Å². The van der Waals surface area contributed by atoms with Crippen LogP contribution in [0.15, 0.2) is 21.5 Å². The lowest BCUT2D eigenvalue weighted by atomic mass is 10.1. The number of hydrogen-bond donors (Lipinski definition) is 1. The standard InChI is InChI=1S/C10H5BrF3NO2S/c11-8-5(3-7(16)17)1-2-6(4-15)9(8)18-10(12,13)14/h1-2H,3H2,(H,16,17). The van der Waals surface area contributed by atoms with Crippen molar-refractivity contribution < 1.29 is 23.1 Å². The van der Waals surface area contributed by atoms with E-state index in [1.807, 2.05) is 0 Å². The zero-order valence-corrected chi connectivity index (χ0v) is 11.0. The Labute approximate surface area is 113 Å². The molecule has 96 valence electrons. The van der Waals surface area contributed by atoms with Gasteiger partial charge in [0.2, 0.25) is 0 Å². The van der Waals surface area contributed by atoms with Crippen LogP contribution in [0.25, 0.3) is 0 Å². The van der Waals surface area contributed by atoms with Crippen molar-refractivity contribution in [1.29, 1.82) is 5.26 Å². The molecule has 1 N–H and O–H groups in total. The third-order valence-electron chi connectivity index (χ3n) is 1.86. The van der Waals surface area contributed by atoms with Crippen molar-refractivity contribution in [3.63, 3.8) is 0 Å². The zero-order valence-electron chi connectivity index (χ0n) is 8.58. The van der Waals surface area contributed by atoms with E-state index in [1.54, 1.807) is 6.07 Å². The first-order valence-corrected chi connectivity index (χ1v) is 6.04. The number of hydrogen-bond acceptors (Lipinski definition) is 3. The van der Waals surface area contributed by atoms with Crippen LogP contribution in [0.2, 0.25) is 0 Å². The smallest absolute Gasteiger partial charge is 0.446 e. The number of halogens is 4. The second-order valence-corrected chi connectivity index (χ2v) is 5.01. The van der Waals surface area contributed by atoms with Gasteiger partial charge in [-0.3, -0.25) is 4.79 Å². The first-order chi connectivity index (χ1) is 8.24. The number of aliphatic carboxylic acids is 1. The summed E-state index contributed by atoms with van der Waals surface area (Å²) >= 11 is 2.48. The molecule has 18 heavy (non-hydrogen) atoms. The maximum atomic E-state index is 12.3. The molecule has 0 spiro atoms. The number of carboxylic acids is 1. The van der Waals surface area contributed by atoms with Gasteiger partial charge in [-0.05, 0) is 39.3 Å². The van der Waals surface area contributed by atoms with E-state index in [0.29, 0.717) is 0 Å². The summed E-state index contributed by atoms with van der Waals surface area (Å²) in [6.07, 6.45) is -0.419. The molecule has 0 bridgehead atoms. The number of nitriles is 1. The van der Waals surface area contributed by atoms with Crippen molar-refractivity contribution >= 4 is 33.7 Å². The molecule has 1 rings (SSSR count). The van der Waals surface area contributed by atoms with Crippen LogP contribution in [0, 0.1) is 11.3 Å². The van der Waals surface area contributed by atoms with E-state index in [1.165, 1.54) is 12.1 Å². The van der Waals surface area contributed by atoms with Crippen LogP contribution in [0.4, 0.5) is 13.2 Å². The highest BCUT2D eigenvalue weighted by Crippen LogP contribution is 2.43. The monoisotopic (exact) mass is 339 g/mol. The normalized spacial score (nSPS) is 11.1. The third kappa shape index (κ3) is 3.92. The predicted octanol–water partition coefficient (Wildman–Crippen LogP) is 3.56. The summed E-state index contributed by atoms with van der Waals surface area (Å²) in [6, 6.07) is 4.14. The molecular formula is C10H5BrF3NO2S. The Balaban J connectivity index is 3.28. The fourth-order valence-electron chi connectivity index (χ4n) is 1.20. The van der Waals surface area contributed by atoms with Crippen molar-refractivity contribution in [1.82, 2.24) is 0 Å². The Morgan fingerprint density at radius 3 is 2.56 bits per heavy atom. The summed E-state index contributed by atoms with van der Waals surface area (Å²) in [4.78, 5) is 10.2. The van der Waals surface area contributed by atoms with Crippen LogP contribution in [0.3, 0.4) is 0 Å². The molecule has 0 saturated carbocycles. The van der Waals surface area contributed by atoms with Gasteiger partial charge in [0.15, 0.2) is 0 Å². The molecule has 3 nitrogen and oxygen atoms in total. The molecule has 0 amide bonds. The molecule has 0 aliphatic heterocycles. The second kappa shape index (κ2) is 5.63. The summed E-state index contributed by atoms with van der Waals surface area (Å²) in [7, 11) is 0. The average molecular weight is 340 g/mol. The lowest BCUT2D eigenvalue weighted by Gasteiger charge is -2.12. The van der Waals surface area contributed by atoms with E-state index in [0.717, 1.165) is 0 Å². The molecule has 0 heterocycles. The minimum absolute atomic E-state index is 0.00808. The molecule has 0 aromatic heterocycles. The SMILES string of the molecule is N#Cc1ccc(CC(=O)O)c(Br)c1SC(F)(F)F. The van der Waals surface area contributed by atoms with Crippen molar-refractivity contribution in [3.05, 3.63) is 27.7 Å². The lowest BCUT2D eigenvalue weighted by Crippen LogP contribution is -2.05. The van der Waals surface area contributed by atoms with Gasteiger partial charge >= 0.3 is 11.5 Å². The fourth-order valence-corrected chi connectivity index (χ4v) is 2.60. The van der Waals surface area contributed by atoms with Gasteiger partial charge in [-0.25, -0.2) is 0 Å². The van der Waals surface area contributed by atoms with Gasteiger partial charge in [0.05, 0.1) is 12.0 Å². The highest BCUT2D eigenvalue weighted by molar-refractivity contribution is 9.10. The molecule has 8 heteroatoms. The van der Waals surface area contributed by atoms with E-state index in [-0.39, 0.29) is 20.5 Å². The Morgan fingerprint density at radius 2 is 2.11 bits per heavy atom. The van der Waals surface area contributed by atoms with E-state index in [2.05, 4.69) is 15.9 Å². The lowest BCUT2D eigenvalue weighted by molar-refractivity contribution is -0.136. The molecule has 0 fully saturated rings. The topological polar surface area (TPSA) is 61.1 Å². The Bertz CT molecular complexity index is 525. The first-order valence-electron chi connectivity index (χ1n) is 4.43. The maximum absolute atomic E-state index is 12.3. The van der Waals surface area contributed by atoms with Crippen LogP contribution in [0.5, 0.6) is 0 Å². The number of alkyl halides is 3. The Kier molecular flexibility index (Phi) is 4.65.